The van der Waals surface area contributed by atoms with Crippen LogP contribution < -0.4 is 10.8 Å². The number of carbonyl (C=O) groups excluding carboxylic acids is 1. The largest absolute Gasteiger partial charge is 0.309 e. The SMILES string of the molecule is Br.O=C(NO)c1ccc(Cn2cc(CN[C@@H]3C[C@H]3c3ccccc3)cn2)cc1. The van der Waals surface area contributed by atoms with E-state index >= 15 is 0 Å². The van der Waals surface area contributed by atoms with Crippen molar-refractivity contribution in [2.24, 2.45) is 0 Å². The van der Waals surface area contributed by atoms with E-state index in [-0.39, 0.29) is 17.0 Å². The highest BCUT2D eigenvalue weighted by Gasteiger charge is 2.37. The van der Waals surface area contributed by atoms with Crippen LogP contribution >= 0.6 is 17.0 Å². The summed E-state index contributed by atoms with van der Waals surface area (Å²) >= 11 is 0. The van der Waals surface area contributed by atoms with Crippen molar-refractivity contribution in [2.75, 3.05) is 0 Å². The van der Waals surface area contributed by atoms with E-state index in [0.29, 0.717) is 24.1 Å². The summed E-state index contributed by atoms with van der Waals surface area (Å²) in [6.07, 6.45) is 5.12. The fraction of sp³-hybridized carbons (Fsp3) is 0.238. The first kappa shape index (κ1) is 20.3. The number of hydrogen-bond donors (Lipinski definition) is 3. The Bertz CT molecular complexity index is 912. The molecule has 1 aliphatic carbocycles. The smallest absolute Gasteiger partial charge is 0.274 e. The number of amides is 1. The normalized spacial score (nSPS) is 17.6. The van der Waals surface area contributed by atoms with Gasteiger partial charge in [-0.2, -0.15) is 5.10 Å². The van der Waals surface area contributed by atoms with Crippen molar-refractivity contribution in [2.45, 2.75) is 31.5 Å². The Hall–Kier alpha value is -2.48. The van der Waals surface area contributed by atoms with E-state index in [1.165, 1.54) is 12.0 Å². The summed E-state index contributed by atoms with van der Waals surface area (Å²) in [5, 5.41) is 16.7. The molecule has 0 aliphatic heterocycles. The minimum absolute atomic E-state index is 0. The second kappa shape index (κ2) is 9.14. The number of nitrogens with one attached hydrogen (secondary N) is 2. The van der Waals surface area contributed by atoms with Crippen LogP contribution in [0.25, 0.3) is 0 Å². The summed E-state index contributed by atoms with van der Waals surface area (Å²) in [6, 6.07) is 18.3. The number of hydroxylamine groups is 1. The van der Waals surface area contributed by atoms with Crippen LogP contribution in [-0.4, -0.2) is 26.9 Å². The first-order valence-electron chi connectivity index (χ1n) is 9.06. The Balaban J connectivity index is 0.00000225. The van der Waals surface area contributed by atoms with Gasteiger partial charge in [0.1, 0.15) is 0 Å². The molecule has 1 fully saturated rings. The summed E-state index contributed by atoms with van der Waals surface area (Å²) in [7, 11) is 0. The van der Waals surface area contributed by atoms with Crippen molar-refractivity contribution in [3.8, 4) is 0 Å². The van der Waals surface area contributed by atoms with Crippen molar-refractivity contribution in [1.29, 1.82) is 0 Å². The molecule has 2 atom stereocenters. The topological polar surface area (TPSA) is 79.2 Å². The molecule has 6 nitrogen and oxygen atoms in total. The van der Waals surface area contributed by atoms with Crippen LogP contribution in [0.1, 0.15) is 39.4 Å². The Morgan fingerprint density at radius 2 is 1.86 bits per heavy atom. The van der Waals surface area contributed by atoms with Gasteiger partial charge in [-0.05, 0) is 29.7 Å². The molecule has 1 amide bonds. The summed E-state index contributed by atoms with van der Waals surface area (Å²) in [6.45, 7) is 1.45. The van der Waals surface area contributed by atoms with Gasteiger partial charge in [-0.15, -0.1) is 17.0 Å². The molecule has 3 aromatic rings. The highest BCUT2D eigenvalue weighted by atomic mass is 79.9. The highest BCUT2D eigenvalue weighted by molar-refractivity contribution is 8.93. The first-order valence-corrected chi connectivity index (χ1v) is 9.06. The van der Waals surface area contributed by atoms with Crippen LogP contribution in [0.2, 0.25) is 0 Å². The minimum atomic E-state index is -0.511. The summed E-state index contributed by atoms with van der Waals surface area (Å²) in [4.78, 5) is 11.3. The van der Waals surface area contributed by atoms with Crippen molar-refractivity contribution >= 4 is 22.9 Å². The van der Waals surface area contributed by atoms with Gasteiger partial charge in [-0.1, -0.05) is 42.5 Å². The standard InChI is InChI=1S/C21H22N4O2.BrH/c26-21(24-27)18-8-6-15(7-9-18)13-25-14-16(12-23-25)11-22-20-10-19(20)17-4-2-1-3-5-17;/h1-9,12,14,19-20,22,27H,10-11,13H2,(H,24,26);1H/t19-,20+;/m0./s1. The molecule has 28 heavy (non-hydrogen) atoms. The van der Waals surface area contributed by atoms with Crippen LogP contribution in [0, 0.1) is 0 Å². The van der Waals surface area contributed by atoms with Crippen molar-refractivity contribution < 1.29 is 10.0 Å². The van der Waals surface area contributed by atoms with E-state index < -0.39 is 5.91 Å². The van der Waals surface area contributed by atoms with E-state index in [1.807, 2.05) is 29.2 Å². The number of benzene rings is 2. The lowest BCUT2D eigenvalue weighted by molar-refractivity contribution is 0.0706. The average molecular weight is 443 g/mol. The second-order valence-electron chi connectivity index (χ2n) is 6.92. The molecule has 146 valence electrons. The van der Waals surface area contributed by atoms with Crippen LogP contribution in [0.3, 0.4) is 0 Å². The lowest BCUT2D eigenvalue weighted by atomic mass is 10.1. The maximum absolute atomic E-state index is 11.3. The second-order valence-corrected chi connectivity index (χ2v) is 6.92. The molecule has 7 heteroatoms. The maximum atomic E-state index is 11.3. The van der Waals surface area contributed by atoms with Gasteiger partial charge >= 0.3 is 0 Å². The van der Waals surface area contributed by atoms with Gasteiger partial charge in [0, 0.05) is 35.8 Å². The number of rotatable bonds is 7. The third-order valence-corrected chi connectivity index (χ3v) is 4.94. The van der Waals surface area contributed by atoms with Gasteiger partial charge < -0.3 is 5.32 Å². The fourth-order valence-electron chi connectivity index (χ4n) is 3.34. The monoisotopic (exact) mass is 442 g/mol. The Kier molecular flexibility index (Phi) is 6.61. The summed E-state index contributed by atoms with van der Waals surface area (Å²) in [5.41, 5.74) is 5.66. The lowest BCUT2D eigenvalue weighted by Gasteiger charge is -2.04. The van der Waals surface area contributed by atoms with Gasteiger partial charge in [-0.25, -0.2) is 5.48 Å². The van der Waals surface area contributed by atoms with Crippen molar-refractivity contribution in [3.05, 3.63) is 89.2 Å². The van der Waals surface area contributed by atoms with E-state index in [1.54, 1.807) is 17.6 Å². The molecular formula is C21H23BrN4O2. The zero-order valence-corrected chi connectivity index (χ0v) is 17.0. The molecule has 3 N–H and O–H groups in total. The van der Waals surface area contributed by atoms with Crippen LogP contribution in [0.4, 0.5) is 0 Å². The Morgan fingerprint density at radius 3 is 2.57 bits per heavy atom. The third-order valence-electron chi connectivity index (χ3n) is 4.94. The summed E-state index contributed by atoms with van der Waals surface area (Å²) < 4.78 is 1.89. The molecule has 1 heterocycles. The third kappa shape index (κ3) is 4.86. The van der Waals surface area contributed by atoms with Crippen molar-refractivity contribution in [3.63, 3.8) is 0 Å². The van der Waals surface area contributed by atoms with Crippen LogP contribution in [-0.2, 0) is 13.1 Å². The maximum Gasteiger partial charge on any atom is 0.274 e. The van der Waals surface area contributed by atoms with Gasteiger partial charge in [0.25, 0.3) is 5.91 Å². The molecule has 0 radical (unpaired) electrons. The fourth-order valence-corrected chi connectivity index (χ4v) is 3.34. The molecule has 1 aliphatic rings. The molecule has 2 aromatic carbocycles. The van der Waals surface area contributed by atoms with Crippen molar-refractivity contribution in [1.82, 2.24) is 20.6 Å². The van der Waals surface area contributed by atoms with Gasteiger partial charge in [0.15, 0.2) is 0 Å². The molecule has 1 aromatic heterocycles. The Morgan fingerprint density at radius 1 is 1.11 bits per heavy atom. The molecule has 1 saturated carbocycles. The summed E-state index contributed by atoms with van der Waals surface area (Å²) in [5.74, 6) is 0.110. The molecule has 0 bridgehead atoms. The van der Waals surface area contributed by atoms with Gasteiger partial charge in [-0.3, -0.25) is 14.7 Å². The van der Waals surface area contributed by atoms with E-state index in [2.05, 4.69) is 40.7 Å². The van der Waals surface area contributed by atoms with Crippen LogP contribution in [0.15, 0.2) is 67.0 Å². The quantitative estimate of drug-likeness (QED) is 0.387. The number of carbonyl (C=O) groups is 1. The number of hydrogen-bond acceptors (Lipinski definition) is 4. The number of halogens is 1. The molecule has 0 saturated heterocycles. The Labute approximate surface area is 174 Å². The minimum Gasteiger partial charge on any atom is -0.309 e. The zero-order valence-electron chi connectivity index (χ0n) is 15.3. The van der Waals surface area contributed by atoms with Gasteiger partial charge in [0.05, 0.1) is 12.7 Å². The zero-order chi connectivity index (χ0) is 18.6. The first-order chi connectivity index (χ1) is 13.2. The van der Waals surface area contributed by atoms with Gasteiger partial charge in [0.2, 0.25) is 0 Å². The van der Waals surface area contributed by atoms with E-state index in [0.717, 1.165) is 17.7 Å². The molecule has 0 unspecified atom stereocenters. The molecule has 0 spiro atoms. The van der Waals surface area contributed by atoms with E-state index in [4.69, 9.17) is 5.21 Å². The predicted molar refractivity (Wildman–Crippen MR) is 112 cm³/mol. The van der Waals surface area contributed by atoms with Crippen LogP contribution in [0.5, 0.6) is 0 Å². The number of nitrogens with zero attached hydrogens (tertiary/aromatic N) is 2. The number of aromatic nitrogens is 2. The predicted octanol–water partition coefficient (Wildman–Crippen LogP) is 3.27. The molecular weight excluding hydrogens is 420 g/mol. The molecule has 4 rings (SSSR count). The lowest BCUT2D eigenvalue weighted by Crippen LogP contribution is -2.18. The highest BCUT2D eigenvalue weighted by Crippen LogP contribution is 2.40. The average Bonchev–Trinajstić information content (AvgIpc) is 3.37. The van der Waals surface area contributed by atoms with E-state index in [9.17, 15) is 4.79 Å².